The van der Waals surface area contributed by atoms with Crippen molar-refractivity contribution in [3.05, 3.63) is 29.8 Å². The van der Waals surface area contributed by atoms with Crippen molar-refractivity contribution in [2.45, 2.75) is 25.7 Å². The van der Waals surface area contributed by atoms with Gasteiger partial charge in [0.05, 0.1) is 0 Å². The van der Waals surface area contributed by atoms with Gasteiger partial charge in [-0.05, 0) is 38.6 Å². The van der Waals surface area contributed by atoms with Crippen LogP contribution in [0, 0.1) is 0 Å². The molecule has 0 fully saturated rings. The number of hydrogen-bond acceptors (Lipinski definition) is 2. The van der Waals surface area contributed by atoms with Crippen LogP contribution in [0.1, 0.15) is 19.4 Å². The summed E-state index contributed by atoms with van der Waals surface area (Å²) >= 11 is 0. The highest BCUT2D eigenvalue weighted by Gasteiger charge is 2.31. The SMILES string of the molecule is CNC(C)(C)c1cccc(OC(F)(F)F)c1. The van der Waals surface area contributed by atoms with Crippen molar-refractivity contribution in [1.82, 2.24) is 5.32 Å². The molecule has 0 atom stereocenters. The van der Waals surface area contributed by atoms with E-state index in [-0.39, 0.29) is 5.75 Å². The van der Waals surface area contributed by atoms with Crippen molar-refractivity contribution < 1.29 is 17.9 Å². The monoisotopic (exact) mass is 233 g/mol. The third-order valence-electron chi connectivity index (χ3n) is 2.41. The van der Waals surface area contributed by atoms with E-state index in [0.29, 0.717) is 0 Å². The van der Waals surface area contributed by atoms with Crippen molar-refractivity contribution in [1.29, 1.82) is 0 Å². The average molecular weight is 233 g/mol. The zero-order valence-corrected chi connectivity index (χ0v) is 9.35. The number of hydrogen-bond donors (Lipinski definition) is 1. The fraction of sp³-hybridized carbons (Fsp3) is 0.455. The molecule has 1 rings (SSSR count). The molecule has 0 spiro atoms. The quantitative estimate of drug-likeness (QED) is 0.866. The second-order valence-corrected chi connectivity index (χ2v) is 3.95. The predicted octanol–water partition coefficient (Wildman–Crippen LogP) is 3.04. The lowest BCUT2D eigenvalue weighted by atomic mass is 9.94. The van der Waals surface area contributed by atoms with Gasteiger partial charge in [0.25, 0.3) is 0 Å². The van der Waals surface area contributed by atoms with Gasteiger partial charge < -0.3 is 10.1 Å². The fourth-order valence-electron chi connectivity index (χ4n) is 1.23. The number of halogens is 3. The van der Waals surface area contributed by atoms with E-state index in [4.69, 9.17) is 0 Å². The summed E-state index contributed by atoms with van der Waals surface area (Å²) in [4.78, 5) is 0. The molecule has 0 aromatic heterocycles. The number of benzene rings is 1. The lowest BCUT2D eigenvalue weighted by molar-refractivity contribution is -0.274. The lowest BCUT2D eigenvalue weighted by Crippen LogP contribution is -2.33. The molecule has 0 aliphatic heterocycles. The minimum Gasteiger partial charge on any atom is -0.406 e. The summed E-state index contributed by atoms with van der Waals surface area (Å²) in [6.45, 7) is 3.75. The molecule has 0 saturated carbocycles. The van der Waals surface area contributed by atoms with E-state index >= 15 is 0 Å². The van der Waals surface area contributed by atoms with Gasteiger partial charge in [-0.1, -0.05) is 12.1 Å². The molecular weight excluding hydrogens is 219 g/mol. The van der Waals surface area contributed by atoms with Crippen LogP contribution in [0.3, 0.4) is 0 Å². The Labute approximate surface area is 92.4 Å². The molecule has 1 aromatic carbocycles. The Hall–Kier alpha value is -1.23. The van der Waals surface area contributed by atoms with E-state index in [1.165, 1.54) is 18.2 Å². The van der Waals surface area contributed by atoms with E-state index in [0.717, 1.165) is 5.56 Å². The molecule has 5 heteroatoms. The first-order valence-electron chi connectivity index (χ1n) is 4.80. The van der Waals surface area contributed by atoms with Crippen molar-refractivity contribution in [2.75, 3.05) is 7.05 Å². The molecule has 0 aliphatic rings. The summed E-state index contributed by atoms with van der Waals surface area (Å²) in [6, 6.07) is 5.95. The van der Waals surface area contributed by atoms with E-state index in [1.807, 2.05) is 13.8 Å². The number of ether oxygens (including phenoxy) is 1. The van der Waals surface area contributed by atoms with Crippen LogP contribution in [0.15, 0.2) is 24.3 Å². The predicted molar refractivity (Wildman–Crippen MR) is 55.2 cm³/mol. The number of nitrogens with one attached hydrogen (secondary N) is 1. The van der Waals surface area contributed by atoms with Gasteiger partial charge in [-0.25, -0.2) is 0 Å². The molecule has 16 heavy (non-hydrogen) atoms. The van der Waals surface area contributed by atoms with Gasteiger partial charge in [0.2, 0.25) is 0 Å². The molecule has 0 radical (unpaired) electrons. The Morgan fingerprint density at radius 3 is 2.31 bits per heavy atom. The van der Waals surface area contributed by atoms with Crippen LogP contribution in [0.4, 0.5) is 13.2 Å². The molecule has 0 heterocycles. The summed E-state index contributed by atoms with van der Waals surface area (Å²) in [7, 11) is 1.75. The molecule has 0 saturated heterocycles. The van der Waals surface area contributed by atoms with Crippen LogP contribution >= 0.6 is 0 Å². The number of alkyl halides is 3. The summed E-state index contributed by atoms with van der Waals surface area (Å²) in [5, 5.41) is 3.01. The summed E-state index contributed by atoms with van der Waals surface area (Å²) < 4.78 is 39.9. The van der Waals surface area contributed by atoms with Crippen LogP contribution in [0.25, 0.3) is 0 Å². The van der Waals surface area contributed by atoms with E-state index in [9.17, 15) is 13.2 Å². The first kappa shape index (κ1) is 12.8. The Morgan fingerprint density at radius 2 is 1.81 bits per heavy atom. The van der Waals surface area contributed by atoms with Crippen LogP contribution in [-0.2, 0) is 5.54 Å². The zero-order chi connectivity index (χ0) is 12.4. The van der Waals surface area contributed by atoms with Crippen LogP contribution in [0.2, 0.25) is 0 Å². The van der Waals surface area contributed by atoms with Crippen LogP contribution in [-0.4, -0.2) is 13.4 Å². The third-order valence-corrected chi connectivity index (χ3v) is 2.41. The maximum absolute atomic E-state index is 12.0. The minimum absolute atomic E-state index is 0.201. The van der Waals surface area contributed by atoms with Gasteiger partial charge in [0.15, 0.2) is 0 Å². The maximum Gasteiger partial charge on any atom is 0.573 e. The zero-order valence-electron chi connectivity index (χ0n) is 9.35. The third kappa shape index (κ3) is 3.41. The van der Waals surface area contributed by atoms with E-state index in [2.05, 4.69) is 10.1 Å². The van der Waals surface area contributed by atoms with Crippen LogP contribution < -0.4 is 10.1 Å². The van der Waals surface area contributed by atoms with Crippen molar-refractivity contribution in [3.63, 3.8) is 0 Å². The first-order chi connectivity index (χ1) is 7.24. The Kier molecular flexibility index (Phi) is 3.48. The van der Waals surface area contributed by atoms with Gasteiger partial charge in [-0.3, -0.25) is 0 Å². The Bertz CT molecular complexity index is 360. The highest BCUT2D eigenvalue weighted by atomic mass is 19.4. The fourth-order valence-corrected chi connectivity index (χ4v) is 1.23. The van der Waals surface area contributed by atoms with E-state index in [1.54, 1.807) is 13.1 Å². The van der Waals surface area contributed by atoms with Gasteiger partial charge in [0.1, 0.15) is 5.75 Å². The first-order valence-corrected chi connectivity index (χ1v) is 4.80. The molecule has 90 valence electrons. The smallest absolute Gasteiger partial charge is 0.406 e. The second kappa shape index (κ2) is 4.33. The van der Waals surface area contributed by atoms with Gasteiger partial charge in [-0.15, -0.1) is 13.2 Å². The molecule has 0 bridgehead atoms. The average Bonchev–Trinajstić information content (AvgIpc) is 2.15. The number of rotatable bonds is 3. The topological polar surface area (TPSA) is 21.3 Å². The molecule has 0 unspecified atom stereocenters. The van der Waals surface area contributed by atoms with Gasteiger partial charge >= 0.3 is 6.36 Å². The van der Waals surface area contributed by atoms with Crippen molar-refractivity contribution >= 4 is 0 Å². The molecular formula is C11H14F3NO. The van der Waals surface area contributed by atoms with Crippen molar-refractivity contribution in [3.8, 4) is 5.75 Å². The van der Waals surface area contributed by atoms with Crippen LogP contribution in [0.5, 0.6) is 5.75 Å². The van der Waals surface area contributed by atoms with Gasteiger partial charge in [-0.2, -0.15) is 0 Å². The summed E-state index contributed by atoms with van der Waals surface area (Å²) in [5.41, 5.74) is 0.335. The standard InChI is InChI=1S/C11H14F3NO/c1-10(2,15-3)8-5-4-6-9(7-8)16-11(12,13)14/h4-7,15H,1-3H3. The van der Waals surface area contributed by atoms with Crippen molar-refractivity contribution in [2.24, 2.45) is 0 Å². The Morgan fingerprint density at radius 1 is 1.19 bits per heavy atom. The lowest BCUT2D eigenvalue weighted by Gasteiger charge is -2.25. The molecule has 1 aromatic rings. The largest absolute Gasteiger partial charge is 0.573 e. The molecule has 2 nitrogen and oxygen atoms in total. The van der Waals surface area contributed by atoms with Gasteiger partial charge in [0, 0.05) is 5.54 Å². The normalized spacial score (nSPS) is 12.6. The highest BCUT2D eigenvalue weighted by Crippen LogP contribution is 2.27. The van der Waals surface area contributed by atoms with E-state index < -0.39 is 11.9 Å². The Balaban J connectivity index is 2.96. The maximum atomic E-state index is 12.0. The summed E-state index contributed by atoms with van der Waals surface area (Å²) in [5.74, 6) is -0.201. The second-order valence-electron chi connectivity index (χ2n) is 3.95. The molecule has 0 aliphatic carbocycles. The minimum atomic E-state index is -4.65. The molecule has 0 amide bonds. The molecule has 1 N–H and O–H groups in total. The highest BCUT2D eigenvalue weighted by molar-refractivity contribution is 5.32. The summed E-state index contributed by atoms with van der Waals surface area (Å²) in [6.07, 6.45) is -4.65.